The summed E-state index contributed by atoms with van der Waals surface area (Å²) in [6.07, 6.45) is 2.08. The fourth-order valence-electron chi connectivity index (χ4n) is 1.58. The molecule has 0 bridgehead atoms. The molecule has 6 heteroatoms. The monoisotopic (exact) mass is 255 g/mol. The van der Waals surface area contributed by atoms with Crippen LogP contribution >= 0.6 is 11.5 Å². The number of halogens is 2. The van der Waals surface area contributed by atoms with E-state index in [-0.39, 0.29) is 6.04 Å². The number of hydrogen-bond acceptors (Lipinski definition) is 4. The van der Waals surface area contributed by atoms with Crippen LogP contribution < -0.4 is 5.32 Å². The van der Waals surface area contributed by atoms with E-state index in [1.807, 2.05) is 0 Å². The zero-order chi connectivity index (χ0) is 12.3. The summed E-state index contributed by atoms with van der Waals surface area (Å²) >= 11 is 1.26. The molecule has 1 N–H and O–H groups in total. The molecule has 0 fully saturated rings. The van der Waals surface area contributed by atoms with Crippen molar-refractivity contribution in [2.45, 2.75) is 12.5 Å². The standard InChI is InChI=1S/C11H11F2N3S/c1-14-10(11-6-15-16-17-11)4-7-2-3-8(12)5-9(7)13/h2-3,5-6,10,14H,4H2,1H3. The Bertz CT molecular complexity index is 487. The molecule has 0 radical (unpaired) electrons. The highest BCUT2D eigenvalue weighted by molar-refractivity contribution is 7.05. The maximum Gasteiger partial charge on any atom is 0.129 e. The Hall–Kier alpha value is -1.40. The van der Waals surface area contributed by atoms with Crippen molar-refractivity contribution in [3.8, 4) is 0 Å². The molecule has 2 rings (SSSR count). The van der Waals surface area contributed by atoms with Crippen LogP contribution in [0.1, 0.15) is 16.5 Å². The Balaban J connectivity index is 2.19. The van der Waals surface area contributed by atoms with E-state index in [1.165, 1.54) is 23.7 Å². The summed E-state index contributed by atoms with van der Waals surface area (Å²) in [7, 11) is 1.78. The SMILES string of the molecule is CNC(Cc1ccc(F)cc1F)c1cnns1. The van der Waals surface area contributed by atoms with Gasteiger partial charge in [0.2, 0.25) is 0 Å². The number of nitrogens with zero attached hydrogens (tertiary/aromatic N) is 2. The lowest BCUT2D eigenvalue weighted by atomic mass is 10.0. The van der Waals surface area contributed by atoms with Crippen molar-refractivity contribution < 1.29 is 8.78 Å². The molecule has 2 aromatic rings. The van der Waals surface area contributed by atoms with Crippen LogP contribution in [-0.2, 0) is 6.42 Å². The largest absolute Gasteiger partial charge is 0.312 e. The fraction of sp³-hybridized carbons (Fsp3) is 0.273. The maximum atomic E-state index is 13.5. The van der Waals surface area contributed by atoms with Gasteiger partial charge in [-0.05, 0) is 36.6 Å². The summed E-state index contributed by atoms with van der Waals surface area (Å²) < 4.78 is 30.0. The van der Waals surface area contributed by atoms with Crippen molar-refractivity contribution in [1.82, 2.24) is 14.9 Å². The quantitative estimate of drug-likeness (QED) is 0.911. The van der Waals surface area contributed by atoms with Crippen LogP contribution in [-0.4, -0.2) is 16.6 Å². The van der Waals surface area contributed by atoms with E-state index < -0.39 is 11.6 Å². The van der Waals surface area contributed by atoms with Gasteiger partial charge in [-0.25, -0.2) is 8.78 Å². The number of hydrogen-bond donors (Lipinski definition) is 1. The second-order valence-electron chi connectivity index (χ2n) is 3.60. The first-order chi connectivity index (χ1) is 8.20. The van der Waals surface area contributed by atoms with Gasteiger partial charge in [0.25, 0.3) is 0 Å². The van der Waals surface area contributed by atoms with E-state index in [0.717, 1.165) is 10.9 Å². The van der Waals surface area contributed by atoms with E-state index >= 15 is 0 Å². The van der Waals surface area contributed by atoms with Crippen LogP contribution in [0.5, 0.6) is 0 Å². The lowest BCUT2D eigenvalue weighted by molar-refractivity contribution is 0.544. The number of likely N-dealkylation sites (N-methyl/N-ethyl adjacent to an activating group) is 1. The molecular formula is C11H11F2N3S. The molecule has 1 aromatic carbocycles. The smallest absolute Gasteiger partial charge is 0.129 e. The summed E-state index contributed by atoms with van der Waals surface area (Å²) in [5.74, 6) is -1.09. The summed E-state index contributed by atoms with van der Waals surface area (Å²) in [6, 6.07) is 3.56. The first kappa shape index (κ1) is 12.1. The minimum Gasteiger partial charge on any atom is -0.312 e. The summed E-state index contributed by atoms with van der Waals surface area (Å²) in [4.78, 5) is 0.927. The molecule has 3 nitrogen and oxygen atoms in total. The number of nitrogens with one attached hydrogen (secondary N) is 1. The van der Waals surface area contributed by atoms with Gasteiger partial charge in [-0.15, -0.1) is 5.10 Å². The summed E-state index contributed by atoms with van der Waals surface area (Å²) in [5, 5.41) is 6.81. The number of benzene rings is 1. The Morgan fingerprint density at radius 3 is 2.82 bits per heavy atom. The van der Waals surface area contributed by atoms with Crippen molar-refractivity contribution in [2.75, 3.05) is 7.05 Å². The highest BCUT2D eigenvalue weighted by Crippen LogP contribution is 2.21. The van der Waals surface area contributed by atoms with E-state index in [0.29, 0.717) is 12.0 Å². The second-order valence-corrected chi connectivity index (χ2v) is 4.42. The van der Waals surface area contributed by atoms with Gasteiger partial charge in [0, 0.05) is 12.1 Å². The van der Waals surface area contributed by atoms with Crippen molar-refractivity contribution in [1.29, 1.82) is 0 Å². The van der Waals surface area contributed by atoms with E-state index in [9.17, 15) is 8.78 Å². The van der Waals surface area contributed by atoms with Crippen LogP contribution in [0.2, 0.25) is 0 Å². The fourth-order valence-corrected chi connectivity index (χ4v) is 2.19. The van der Waals surface area contributed by atoms with Gasteiger partial charge in [-0.2, -0.15) is 0 Å². The topological polar surface area (TPSA) is 37.8 Å². The molecule has 90 valence electrons. The normalized spacial score (nSPS) is 12.6. The minimum absolute atomic E-state index is 0.0602. The lowest BCUT2D eigenvalue weighted by Crippen LogP contribution is -2.18. The van der Waals surface area contributed by atoms with E-state index in [4.69, 9.17) is 0 Å². The van der Waals surface area contributed by atoms with Crippen LogP contribution in [0.25, 0.3) is 0 Å². The number of rotatable bonds is 4. The van der Waals surface area contributed by atoms with E-state index in [2.05, 4.69) is 14.9 Å². The molecular weight excluding hydrogens is 244 g/mol. The molecule has 0 saturated carbocycles. The Labute approximate surface area is 102 Å². The number of aromatic nitrogens is 2. The highest BCUT2D eigenvalue weighted by Gasteiger charge is 2.15. The predicted octanol–water partition coefficient (Wildman–Crippen LogP) is 2.32. The Morgan fingerprint density at radius 2 is 2.24 bits per heavy atom. The van der Waals surface area contributed by atoms with E-state index in [1.54, 1.807) is 13.2 Å². The third-order valence-corrected chi connectivity index (χ3v) is 3.29. The first-order valence-electron chi connectivity index (χ1n) is 5.09. The second kappa shape index (κ2) is 5.29. The molecule has 17 heavy (non-hydrogen) atoms. The van der Waals surface area contributed by atoms with Crippen LogP contribution in [0, 0.1) is 11.6 Å². The van der Waals surface area contributed by atoms with Gasteiger partial charge in [-0.3, -0.25) is 0 Å². The average molecular weight is 255 g/mol. The third kappa shape index (κ3) is 2.83. The zero-order valence-electron chi connectivity index (χ0n) is 9.15. The van der Waals surface area contributed by atoms with Gasteiger partial charge in [0.1, 0.15) is 11.6 Å². The third-order valence-electron chi connectivity index (χ3n) is 2.51. The zero-order valence-corrected chi connectivity index (χ0v) is 9.97. The predicted molar refractivity (Wildman–Crippen MR) is 61.8 cm³/mol. The van der Waals surface area contributed by atoms with Gasteiger partial charge >= 0.3 is 0 Å². The molecule has 1 unspecified atom stereocenters. The summed E-state index contributed by atoms with van der Waals surface area (Å²) in [5.41, 5.74) is 0.471. The average Bonchev–Trinajstić information content (AvgIpc) is 2.81. The van der Waals surface area contributed by atoms with Crippen LogP contribution in [0.15, 0.2) is 24.4 Å². The first-order valence-corrected chi connectivity index (χ1v) is 5.86. The molecule has 1 heterocycles. The van der Waals surface area contributed by atoms with Gasteiger partial charge in [0.15, 0.2) is 0 Å². The highest BCUT2D eigenvalue weighted by atomic mass is 32.1. The molecule has 0 spiro atoms. The van der Waals surface area contributed by atoms with Gasteiger partial charge in [-0.1, -0.05) is 10.6 Å². The van der Waals surface area contributed by atoms with Crippen molar-refractivity contribution in [3.05, 3.63) is 46.5 Å². The molecule has 0 aliphatic rings. The van der Waals surface area contributed by atoms with Gasteiger partial charge in [0.05, 0.1) is 11.1 Å². The minimum atomic E-state index is -0.563. The molecule has 0 amide bonds. The molecule has 1 aromatic heterocycles. The Morgan fingerprint density at radius 1 is 1.41 bits per heavy atom. The van der Waals surface area contributed by atoms with Crippen molar-refractivity contribution >= 4 is 11.5 Å². The molecule has 0 aliphatic heterocycles. The van der Waals surface area contributed by atoms with Crippen LogP contribution in [0.4, 0.5) is 8.78 Å². The Kier molecular flexibility index (Phi) is 3.75. The molecule has 1 atom stereocenters. The van der Waals surface area contributed by atoms with Crippen LogP contribution in [0.3, 0.4) is 0 Å². The van der Waals surface area contributed by atoms with Crippen molar-refractivity contribution in [3.63, 3.8) is 0 Å². The maximum absolute atomic E-state index is 13.5. The van der Waals surface area contributed by atoms with Crippen molar-refractivity contribution in [2.24, 2.45) is 0 Å². The summed E-state index contributed by atoms with van der Waals surface area (Å²) in [6.45, 7) is 0. The lowest BCUT2D eigenvalue weighted by Gasteiger charge is -2.13. The van der Waals surface area contributed by atoms with Gasteiger partial charge < -0.3 is 5.32 Å². The molecule has 0 saturated heterocycles. The molecule has 0 aliphatic carbocycles.